The van der Waals surface area contributed by atoms with Gasteiger partial charge in [-0.3, -0.25) is 9.59 Å². The standard InChI is InChI=1S/C35H55NO9/c1-30(29(43)45-7)12-14-35(28(42)36-22(18-37)27(41)44-6)15-13-33(4)20(21(35)16-30)8-9-25-31(2)17-23(39)26(40)32(3,19-38)24(31)10-11-34(25,33)5/h8,21-26,37-40H,9-19H2,1-7H3,(H,36,42)/t21?,22-,23+,24?,25?,26+,30+,31+,32+,33-,34-,35+/m1/s1. The number of aliphatic hydroxyl groups excluding tert-OH is 4. The highest BCUT2D eigenvalue weighted by Gasteiger charge is 2.71. The number of allylic oxidation sites excluding steroid dienone is 2. The van der Waals surface area contributed by atoms with Crippen molar-refractivity contribution in [3.8, 4) is 0 Å². The van der Waals surface area contributed by atoms with Crippen molar-refractivity contribution in [1.29, 1.82) is 0 Å². The minimum Gasteiger partial charge on any atom is -0.469 e. The van der Waals surface area contributed by atoms with E-state index in [1.807, 2.05) is 13.8 Å². The predicted molar refractivity (Wildman–Crippen MR) is 165 cm³/mol. The number of carbonyl (C=O) groups excluding carboxylic acids is 3. The Morgan fingerprint density at radius 3 is 2.20 bits per heavy atom. The Labute approximate surface area is 267 Å². The number of rotatable bonds is 6. The van der Waals surface area contributed by atoms with Gasteiger partial charge >= 0.3 is 11.9 Å². The Hall–Kier alpha value is -2.01. The van der Waals surface area contributed by atoms with Gasteiger partial charge in [-0.1, -0.05) is 39.3 Å². The van der Waals surface area contributed by atoms with E-state index in [1.54, 1.807) is 0 Å². The van der Waals surface area contributed by atoms with Gasteiger partial charge in [-0.2, -0.15) is 0 Å². The highest BCUT2D eigenvalue weighted by atomic mass is 16.5. The Morgan fingerprint density at radius 1 is 0.933 bits per heavy atom. The third-order valence-corrected chi connectivity index (χ3v) is 14.6. The SMILES string of the molecule is COC(=O)[C@@H](CO)NC(=O)[C@]12CC[C@](C)(C(=O)OC)CC1C1=CCC3[C@@]4(C)C[C@H](O)[C@H](O)[C@@](C)(CO)C4CC[C@@]3(C)[C@]1(C)CC2. The topological polar surface area (TPSA) is 163 Å². The number of fused-ring (bicyclic) bond motifs is 7. The molecule has 0 radical (unpaired) electrons. The zero-order chi connectivity index (χ0) is 33.4. The van der Waals surface area contributed by atoms with Crippen LogP contribution in [0.15, 0.2) is 11.6 Å². The summed E-state index contributed by atoms with van der Waals surface area (Å²) in [6.45, 7) is 9.96. The lowest BCUT2D eigenvalue weighted by atomic mass is 9.33. The summed E-state index contributed by atoms with van der Waals surface area (Å²) in [6.07, 6.45) is 5.88. The van der Waals surface area contributed by atoms with Crippen LogP contribution in [-0.2, 0) is 23.9 Å². The number of hydrogen-bond acceptors (Lipinski definition) is 9. The van der Waals surface area contributed by atoms with E-state index < -0.39 is 47.1 Å². The van der Waals surface area contributed by atoms with E-state index in [4.69, 9.17) is 9.47 Å². The maximum atomic E-state index is 14.3. The van der Waals surface area contributed by atoms with E-state index >= 15 is 0 Å². The molecule has 0 aromatic rings. The van der Waals surface area contributed by atoms with E-state index in [0.29, 0.717) is 32.1 Å². The van der Waals surface area contributed by atoms with Crippen molar-refractivity contribution in [2.45, 2.75) is 111 Å². The fourth-order valence-electron chi connectivity index (χ4n) is 11.7. The molecule has 0 aliphatic heterocycles. The number of carbonyl (C=O) groups is 3. The van der Waals surface area contributed by atoms with Gasteiger partial charge in [0.05, 0.1) is 50.5 Å². The molecule has 0 bridgehead atoms. The average molecular weight is 634 g/mol. The zero-order valence-corrected chi connectivity index (χ0v) is 28.1. The Kier molecular flexibility index (Phi) is 8.63. The monoisotopic (exact) mass is 633 g/mol. The van der Waals surface area contributed by atoms with Gasteiger partial charge in [-0.15, -0.1) is 0 Å². The zero-order valence-electron chi connectivity index (χ0n) is 28.1. The number of esters is 2. The molecule has 4 fully saturated rings. The summed E-state index contributed by atoms with van der Waals surface area (Å²) < 4.78 is 10.1. The Bertz CT molecular complexity index is 1250. The normalized spacial score (nSPS) is 47.9. The minimum absolute atomic E-state index is 0.0320. The Morgan fingerprint density at radius 2 is 1.60 bits per heavy atom. The molecule has 3 unspecified atom stereocenters. The van der Waals surface area contributed by atoms with E-state index in [9.17, 15) is 34.8 Å². The van der Waals surface area contributed by atoms with Crippen molar-refractivity contribution in [3.05, 3.63) is 11.6 Å². The number of nitrogens with one attached hydrogen (secondary N) is 1. The smallest absolute Gasteiger partial charge is 0.330 e. The van der Waals surface area contributed by atoms with Crippen LogP contribution in [0.3, 0.4) is 0 Å². The second-order valence-electron chi connectivity index (χ2n) is 16.4. The van der Waals surface area contributed by atoms with Crippen LogP contribution in [-0.4, -0.2) is 84.0 Å². The first-order valence-corrected chi connectivity index (χ1v) is 16.7. The third kappa shape index (κ3) is 4.59. The van der Waals surface area contributed by atoms with Gasteiger partial charge in [0.1, 0.15) is 0 Å². The molecule has 12 atom stereocenters. The largest absolute Gasteiger partial charge is 0.469 e. The van der Waals surface area contributed by atoms with Crippen LogP contribution in [0.1, 0.15) is 92.4 Å². The molecule has 1 amide bonds. The number of aliphatic hydroxyl groups is 4. The second kappa shape index (κ2) is 11.3. The van der Waals surface area contributed by atoms with Crippen LogP contribution in [0.2, 0.25) is 0 Å². The number of methoxy groups -OCH3 is 2. The maximum absolute atomic E-state index is 14.3. The molecular formula is C35H55NO9. The van der Waals surface area contributed by atoms with Crippen molar-refractivity contribution in [1.82, 2.24) is 5.32 Å². The molecule has 254 valence electrons. The van der Waals surface area contributed by atoms with Crippen LogP contribution < -0.4 is 5.32 Å². The number of amides is 1. The fraction of sp³-hybridized carbons (Fsp3) is 0.857. The van der Waals surface area contributed by atoms with Crippen molar-refractivity contribution < 1.29 is 44.3 Å². The van der Waals surface area contributed by atoms with Crippen molar-refractivity contribution in [2.75, 3.05) is 27.4 Å². The maximum Gasteiger partial charge on any atom is 0.330 e. The van der Waals surface area contributed by atoms with Gasteiger partial charge in [0.15, 0.2) is 6.04 Å². The van der Waals surface area contributed by atoms with E-state index in [2.05, 4.69) is 32.2 Å². The van der Waals surface area contributed by atoms with Gasteiger partial charge in [0, 0.05) is 5.41 Å². The van der Waals surface area contributed by atoms with Crippen molar-refractivity contribution in [2.24, 2.45) is 50.2 Å². The lowest BCUT2D eigenvalue weighted by Crippen LogP contribution is -2.68. The van der Waals surface area contributed by atoms with Crippen LogP contribution >= 0.6 is 0 Å². The molecule has 10 heteroatoms. The summed E-state index contributed by atoms with van der Waals surface area (Å²) in [5.74, 6) is -1.38. The second-order valence-corrected chi connectivity index (χ2v) is 16.4. The molecule has 0 heterocycles. The molecule has 5 N–H and O–H groups in total. The number of ether oxygens (including phenoxy) is 2. The van der Waals surface area contributed by atoms with Crippen LogP contribution in [0.25, 0.3) is 0 Å². The lowest BCUT2D eigenvalue weighted by molar-refractivity contribution is -0.243. The minimum atomic E-state index is -1.17. The fourth-order valence-corrected chi connectivity index (χ4v) is 11.7. The first-order chi connectivity index (χ1) is 21.0. The molecule has 45 heavy (non-hydrogen) atoms. The van der Waals surface area contributed by atoms with Gasteiger partial charge in [-0.05, 0) is 98.7 Å². The van der Waals surface area contributed by atoms with E-state index in [0.717, 1.165) is 25.7 Å². The molecule has 10 nitrogen and oxygen atoms in total. The molecule has 5 aliphatic rings. The van der Waals surface area contributed by atoms with Gasteiger partial charge in [-0.25, -0.2) is 4.79 Å². The van der Waals surface area contributed by atoms with Gasteiger partial charge in [0.25, 0.3) is 0 Å². The molecule has 5 rings (SSSR count). The summed E-state index contributed by atoms with van der Waals surface area (Å²) in [5.41, 5.74) is -2.14. The van der Waals surface area contributed by atoms with Gasteiger partial charge in [0.2, 0.25) is 5.91 Å². The third-order valence-electron chi connectivity index (χ3n) is 14.6. The molecule has 5 aliphatic carbocycles. The lowest BCUT2D eigenvalue weighted by Gasteiger charge is -2.71. The molecule has 4 saturated carbocycles. The summed E-state index contributed by atoms with van der Waals surface area (Å²) >= 11 is 0. The van der Waals surface area contributed by atoms with E-state index in [-0.39, 0.29) is 52.5 Å². The summed E-state index contributed by atoms with van der Waals surface area (Å²) in [6, 6.07) is -1.17. The summed E-state index contributed by atoms with van der Waals surface area (Å²) in [7, 11) is 2.62. The molecular weight excluding hydrogens is 578 g/mol. The first-order valence-electron chi connectivity index (χ1n) is 16.7. The van der Waals surface area contributed by atoms with Gasteiger partial charge < -0.3 is 35.2 Å². The predicted octanol–water partition coefficient (Wildman–Crippen LogP) is 2.90. The first kappa shape index (κ1) is 34.3. The molecule has 0 spiro atoms. The van der Waals surface area contributed by atoms with Crippen molar-refractivity contribution >= 4 is 17.8 Å². The molecule has 0 saturated heterocycles. The van der Waals surface area contributed by atoms with Crippen LogP contribution in [0.5, 0.6) is 0 Å². The van der Waals surface area contributed by atoms with E-state index in [1.165, 1.54) is 19.8 Å². The van der Waals surface area contributed by atoms with Crippen LogP contribution in [0.4, 0.5) is 0 Å². The van der Waals surface area contributed by atoms with Crippen molar-refractivity contribution in [3.63, 3.8) is 0 Å². The average Bonchev–Trinajstić information content (AvgIpc) is 3.01. The Balaban J connectivity index is 1.60. The van der Waals surface area contributed by atoms with Crippen LogP contribution in [0, 0.1) is 50.2 Å². The summed E-state index contributed by atoms with van der Waals surface area (Å²) in [5, 5.41) is 45.5. The molecule has 0 aromatic heterocycles. The molecule has 0 aromatic carbocycles. The highest BCUT2D eigenvalue weighted by Crippen LogP contribution is 2.75. The highest BCUT2D eigenvalue weighted by molar-refractivity contribution is 5.89. The quantitative estimate of drug-likeness (QED) is 0.219. The summed E-state index contributed by atoms with van der Waals surface area (Å²) in [4.78, 5) is 39.8. The number of hydrogen-bond donors (Lipinski definition) is 5.